The average Bonchev–Trinajstić information content (AvgIpc) is 2.62. The van der Waals surface area contributed by atoms with E-state index in [9.17, 15) is 0 Å². The van der Waals surface area contributed by atoms with E-state index < -0.39 is 0 Å². The molecule has 3 aromatic rings. The molecular weight excluding hydrogens is 296 g/mol. The first-order valence-corrected chi connectivity index (χ1v) is 7.47. The first kappa shape index (κ1) is 15.5. The van der Waals surface area contributed by atoms with Crippen LogP contribution in [0.2, 0.25) is 0 Å². The molecule has 0 aliphatic carbocycles. The van der Waals surface area contributed by atoms with Crippen molar-refractivity contribution in [2.45, 2.75) is 0 Å². The minimum Gasteiger partial charge on any atom is -0.399 e. The quantitative estimate of drug-likeness (QED) is 0.770. The van der Waals surface area contributed by atoms with Crippen molar-refractivity contribution in [1.82, 2.24) is 9.97 Å². The standard InChI is InChI=1S/C20H18N4/c1-13(21)15-3-5-16(6-4-15)20-10-8-18(12-24-20)17-7-9-19(14(2)22)23-11-17/h3-12H,1-2,21-22H2. The van der Waals surface area contributed by atoms with E-state index in [0.717, 1.165) is 27.9 Å². The number of benzene rings is 1. The molecule has 2 aromatic heterocycles. The second-order valence-electron chi connectivity index (χ2n) is 5.49. The lowest BCUT2D eigenvalue weighted by Gasteiger charge is -2.06. The maximum atomic E-state index is 5.69. The van der Waals surface area contributed by atoms with Gasteiger partial charge in [-0.05, 0) is 17.7 Å². The fourth-order valence-corrected chi connectivity index (χ4v) is 2.35. The van der Waals surface area contributed by atoms with Gasteiger partial charge in [-0.15, -0.1) is 0 Å². The zero-order valence-corrected chi connectivity index (χ0v) is 13.2. The highest BCUT2D eigenvalue weighted by Crippen LogP contribution is 2.23. The van der Waals surface area contributed by atoms with Crippen LogP contribution in [0, 0.1) is 0 Å². The summed E-state index contributed by atoms with van der Waals surface area (Å²) in [5, 5.41) is 0. The fourth-order valence-electron chi connectivity index (χ4n) is 2.35. The molecule has 1 aromatic carbocycles. The van der Waals surface area contributed by atoms with E-state index in [4.69, 9.17) is 11.5 Å². The smallest absolute Gasteiger partial charge is 0.0853 e. The van der Waals surface area contributed by atoms with Gasteiger partial charge in [0, 0.05) is 34.8 Å². The van der Waals surface area contributed by atoms with Crippen LogP contribution in [0.3, 0.4) is 0 Å². The van der Waals surface area contributed by atoms with Crippen LogP contribution < -0.4 is 11.5 Å². The lowest BCUT2D eigenvalue weighted by atomic mass is 10.1. The Morgan fingerprint density at radius 2 is 1.25 bits per heavy atom. The van der Waals surface area contributed by atoms with E-state index in [-0.39, 0.29) is 0 Å². The predicted molar refractivity (Wildman–Crippen MR) is 99.3 cm³/mol. The third kappa shape index (κ3) is 3.17. The van der Waals surface area contributed by atoms with Gasteiger partial charge in [-0.2, -0.15) is 0 Å². The van der Waals surface area contributed by atoms with Gasteiger partial charge >= 0.3 is 0 Å². The van der Waals surface area contributed by atoms with Crippen molar-refractivity contribution in [2.24, 2.45) is 11.5 Å². The highest BCUT2D eigenvalue weighted by atomic mass is 14.7. The Morgan fingerprint density at radius 3 is 1.71 bits per heavy atom. The first-order chi connectivity index (χ1) is 11.5. The van der Waals surface area contributed by atoms with E-state index in [1.165, 1.54) is 0 Å². The lowest BCUT2D eigenvalue weighted by molar-refractivity contribution is 1.25. The summed E-state index contributed by atoms with van der Waals surface area (Å²) in [5.74, 6) is 0. The van der Waals surface area contributed by atoms with Gasteiger partial charge in [0.2, 0.25) is 0 Å². The highest BCUT2D eigenvalue weighted by molar-refractivity contribution is 5.69. The molecule has 0 radical (unpaired) electrons. The Balaban J connectivity index is 1.84. The first-order valence-electron chi connectivity index (χ1n) is 7.47. The van der Waals surface area contributed by atoms with Gasteiger partial charge in [0.05, 0.1) is 17.1 Å². The Labute approximate surface area is 141 Å². The van der Waals surface area contributed by atoms with Crippen LogP contribution in [-0.4, -0.2) is 9.97 Å². The number of aromatic nitrogens is 2. The van der Waals surface area contributed by atoms with Gasteiger partial charge in [0.25, 0.3) is 0 Å². The third-order valence-electron chi connectivity index (χ3n) is 3.74. The van der Waals surface area contributed by atoms with Crippen LogP contribution in [0.25, 0.3) is 33.8 Å². The molecule has 0 amide bonds. The number of nitrogens with zero attached hydrogens (tertiary/aromatic N) is 2. The second-order valence-corrected chi connectivity index (χ2v) is 5.49. The molecule has 0 unspecified atom stereocenters. The van der Waals surface area contributed by atoms with Crippen molar-refractivity contribution >= 4 is 11.4 Å². The minimum atomic E-state index is 0.457. The molecule has 24 heavy (non-hydrogen) atoms. The number of hydrogen-bond donors (Lipinski definition) is 2. The van der Waals surface area contributed by atoms with Crippen molar-refractivity contribution in [3.05, 3.63) is 85.3 Å². The van der Waals surface area contributed by atoms with Gasteiger partial charge in [0.15, 0.2) is 0 Å². The molecule has 0 aliphatic heterocycles. The highest BCUT2D eigenvalue weighted by Gasteiger charge is 2.04. The number of rotatable bonds is 4. The van der Waals surface area contributed by atoms with Gasteiger partial charge in [-0.25, -0.2) is 0 Å². The molecule has 4 heteroatoms. The van der Waals surface area contributed by atoms with Crippen molar-refractivity contribution in [3.63, 3.8) is 0 Å². The minimum absolute atomic E-state index is 0.457. The molecule has 2 heterocycles. The molecule has 4 N–H and O–H groups in total. The fraction of sp³-hybridized carbons (Fsp3) is 0. The molecule has 0 atom stereocenters. The monoisotopic (exact) mass is 314 g/mol. The molecule has 0 bridgehead atoms. The summed E-state index contributed by atoms with van der Waals surface area (Å²) in [6.07, 6.45) is 3.60. The molecule has 4 nitrogen and oxygen atoms in total. The molecule has 3 rings (SSSR count). The van der Waals surface area contributed by atoms with E-state index in [1.54, 1.807) is 6.20 Å². The van der Waals surface area contributed by atoms with Crippen molar-refractivity contribution < 1.29 is 0 Å². The summed E-state index contributed by atoms with van der Waals surface area (Å²) in [6.45, 7) is 7.41. The van der Waals surface area contributed by atoms with Gasteiger partial charge in [-0.3, -0.25) is 9.97 Å². The number of nitrogens with two attached hydrogens (primary N) is 2. The normalized spacial score (nSPS) is 10.3. The maximum absolute atomic E-state index is 5.69. The molecule has 0 saturated carbocycles. The van der Waals surface area contributed by atoms with E-state index in [2.05, 4.69) is 23.1 Å². The summed E-state index contributed by atoms with van der Waals surface area (Å²) in [7, 11) is 0. The predicted octanol–water partition coefficient (Wildman–Crippen LogP) is 3.67. The zero-order valence-electron chi connectivity index (χ0n) is 13.2. The average molecular weight is 314 g/mol. The van der Waals surface area contributed by atoms with Gasteiger partial charge in [-0.1, -0.05) is 49.6 Å². The molecule has 0 saturated heterocycles. The maximum Gasteiger partial charge on any atom is 0.0853 e. The van der Waals surface area contributed by atoms with Gasteiger partial charge < -0.3 is 11.5 Å². The molecule has 0 aliphatic rings. The summed E-state index contributed by atoms with van der Waals surface area (Å²) in [5.41, 5.74) is 17.8. The van der Waals surface area contributed by atoms with Crippen LogP contribution in [0.5, 0.6) is 0 Å². The molecule has 0 spiro atoms. The Bertz CT molecular complexity index is 800. The van der Waals surface area contributed by atoms with Crippen LogP contribution in [-0.2, 0) is 0 Å². The van der Waals surface area contributed by atoms with E-state index in [1.807, 2.05) is 54.7 Å². The Kier molecular flexibility index (Phi) is 4.12. The zero-order chi connectivity index (χ0) is 17.1. The topological polar surface area (TPSA) is 77.8 Å². The lowest BCUT2D eigenvalue weighted by Crippen LogP contribution is -1.96. The van der Waals surface area contributed by atoms with Crippen LogP contribution in [0.15, 0.2) is 74.1 Å². The van der Waals surface area contributed by atoms with Crippen molar-refractivity contribution in [2.75, 3.05) is 0 Å². The third-order valence-corrected chi connectivity index (χ3v) is 3.74. The van der Waals surface area contributed by atoms with Crippen LogP contribution >= 0.6 is 0 Å². The summed E-state index contributed by atoms with van der Waals surface area (Å²) in [4.78, 5) is 8.82. The van der Waals surface area contributed by atoms with Crippen molar-refractivity contribution in [3.8, 4) is 22.4 Å². The Morgan fingerprint density at radius 1 is 0.667 bits per heavy atom. The largest absolute Gasteiger partial charge is 0.399 e. The number of pyridine rings is 2. The van der Waals surface area contributed by atoms with Crippen molar-refractivity contribution in [1.29, 1.82) is 0 Å². The molecule has 118 valence electrons. The van der Waals surface area contributed by atoms with Gasteiger partial charge in [0.1, 0.15) is 0 Å². The summed E-state index contributed by atoms with van der Waals surface area (Å²) < 4.78 is 0. The molecule has 0 fully saturated rings. The Hall–Kier alpha value is -3.40. The van der Waals surface area contributed by atoms with E-state index in [0.29, 0.717) is 17.1 Å². The van der Waals surface area contributed by atoms with Crippen LogP contribution in [0.1, 0.15) is 11.3 Å². The summed E-state index contributed by atoms with van der Waals surface area (Å²) >= 11 is 0. The molecular formula is C20H18N4. The number of hydrogen-bond acceptors (Lipinski definition) is 4. The second kappa shape index (κ2) is 6.38. The van der Waals surface area contributed by atoms with Crippen LogP contribution in [0.4, 0.5) is 0 Å². The van der Waals surface area contributed by atoms with E-state index >= 15 is 0 Å². The summed E-state index contributed by atoms with van der Waals surface area (Å²) in [6, 6.07) is 15.7. The SMILES string of the molecule is C=C(N)c1ccc(-c2ccc(-c3ccc(C(=C)N)nc3)cn2)cc1.